The van der Waals surface area contributed by atoms with Crippen LogP contribution in [0.25, 0.3) is 0 Å². The topological polar surface area (TPSA) is 29.3 Å². The minimum Gasteiger partial charge on any atom is -0.328 e. The molecule has 0 aromatic carbocycles. The number of nitrogens with two attached hydrogens (primary N) is 1. The third-order valence-electron chi connectivity index (χ3n) is 3.23. The normalized spacial score (nSPS) is 25.3. The maximum atomic E-state index is 5.63. The van der Waals surface area contributed by atoms with E-state index in [1.54, 1.807) is 0 Å². The largest absolute Gasteiger partial charge is 0.328 e. The molecule has 0 amide bonds. The highest BCUT2D eigenvalue weighted by molar-refractivity contribution is 4.66. The van der Waals surface area contributed by atoms with Gasteiger partial charge in [-0.1, -0.05) is 25.7 Å². The summed E-state index contributed by atoms with van der Waals surface area (Å²) >= 11 is 0. The van der Waals surface area contributed by atoms with Crippen LogP contribution in [-0.4, -0.2) is 31.1 Å². The molecule has 1 aliphatic heterocycles. The van der Waals surface area contributed by atoms with Gasteiger partial charge in [-0.15, -0.1) is 0 Å². The Morgan fingerprint density at radius 2 is 1.36 bits per heavy atom. The van der Waals surface area contributed by atoms with Crippen molar-refractivity contribution in [1.29, 1.82) is 0 Å². The van der Waals surface area contributed by atoms with Gasteiger partial charge in [-0.05, 0) is 45.8 Å². The Bertz CT molecular complexity index is 108. The number of rotatable bonds is 0. The average molecular weight is 198 g/mol. The van der Waals surface area contributed by atoms with Crippen molar-refractivity contribution in [3.63, 3.8) is 0 Å². The van der Waals surface area contributed by atoms with E-state index in [9.17, 15) is 0 Å². The van der Waals surface area contributed by atoms with Gasteiger partial charge in [0.05, 0.1) is 0 Å². The molecule has 1 aliphatic carbocycles. The summed E-state index contributed by atoms with van der Waals surface area (Å²) in [4.78, 5) is 2.39. The molecule has 2 rings (SSSR count). The van der Waals surface area contributed by atoms with Gasteiger partial charge in [0.2, 0.25) is 0 Å². The summed E-state index contributed by atoms with van der Waals surface area (Å²) in [5, 5.41) is 0. The van der Waals surface area contributed by atoms with Gasteiger partial charge in [0.25, 0.3) is 0 Å². The second kappa shape index (κ2) is 7.24. The van der Waals surface area contributed by atoms with Crippen molar-refractivity contribution in [3.05, 3.63) is 0 Å². The van der Waals surface area contributed by atoms with Crippen LogP contribution in [0.15, 0.2) is 0 Å². The van der Waals surface area contributed by atoms with Crippen molar-refractivity contribution in [1.82, 2.24) is 4.90 Å². The third kappa shape index (κ3) is 5.61. The second-order valence-corrected chi connectivity index (χ2v) is 4.76. The van der Waals surface area contributed by atoms with Gasteiger partial charge in [0, 0.05) is 6.04 Å². The molecule has 2 nitrogen and oxygen atoms in total. The minimum atomic E-state index is 0.536. The predicted octanol–water partition coefficient (Wildman–Crippen LogP) is 2.38. The lowest BCUT2D eigenvalue weighted by Gasteiger charge is -2.20. The van der Waals surface area contributed by atoms with Gasteiger partial charge in [-0.25, -0.2) is 0 Å². The summed E-state index contributed by atoms with van der Waals surface area (Å²) in [6.45, 7) is 2.64. The molecule has 84 valence electrons. The van der Waals surface area contributed by atoms with E-state index in [4.69, 9.17) is 5.73 Å². The van der Waals surface area contributed by atoms with E-state index in [1.807, 2.05) is 0 Å². The van der Waals surface area contributed by atoms with Crippen LogP contribution in [0.3, 0.4) is 0 Å². The fraction of sp³-hybridized carbons (Fsp3) is 1.00. The number of nitrogens with zero attached hydrogens (tertiary/aromatic N) is 1. The summed E-state index contributed by atoms with van der Waals surface area (Å²) in [5.74, 6) is 0. The van der Waals surface area contributed by atoms with Crippen molar-refractivity contribution in [3.8, 4) is 0 Å². The summed E-state index contributed by atoms with van der Waals surface area (Å²) in [7, 11) is 2.19. The van der Waals surface area contributed by atoms with E-state index in [-0.39, 0.29) is 0 Å². The van der Waals surface area contributed by atoms with Gasteiger partial charge in [0.1, 0.15) is 0 Å². The smallest absolute Gasteiger partial charge is 0.00388 e. The fourth-order valence-electron chi connectivity index (χ4n) is 2.19. The van der Waals surface area contributed by atoms with Gasteiger partial charge in [0.15, 0.2) is 0 Å². The molecular formula is C12H26N2. The number of likely N-dealkylation sites (tertiary alicyclic amines) is 1. The molecule has 2 fully saturated rings. The minimum absolute atomic E-state index is 0.536. The summed E-state index contributed by atoms with van der Waals surface area (Å²) in [6, 6.07) is 0.536. The zero-order valence-electron chi connectivity index (χ0n) is 9.67. The van der Waals surface area contributed by atoms with Crippen molar-refractivity contribution < 1.29 is 0 Å². The average Bonchev–Trinajstić information content (AvgIpc) is 2.21. The quantitative estimate of drug-likeness (QED) is 0.647. The van der Waals surface area contributed by atoms with Crippen LogP contribution in [0.1, 0.15) is 51.4 Å². The number of hydrogen-bond donors (Lipinski definition) is 1. The Morgan fingerprint density at radius 3 is 1.64 bits per heavy atom. The lowest BCUT2D eigenvalue weighted by Crippen LogP contribution is -2.24. The van der Waals surface area contributed by atoms with Crippen LogP contribution in [0, 0.1) is 0 Å². The summed E-state index contributed by atoms with van der Waals surface area (Å²) in [5.41, 5.74) is 5.63. The third-order valence-corrected chi connectivity index (χ3v) is 3.23. The maximum Gasteiger partial charge on any atom is 0.00388 e. The van der Waals surface area contributed by atoms with Crippen LogP contribution >= 0.6 is 0 Å². The Balaban J connectivity index is 0.000000140. The molecule has 0 radical (unpaired) electrons. The van der Waals surface area contributed by atoms with E-state index in [1.165, 1.54) is 64.5 Å². The van der Waals surface area contributed by atoms with Crippen LogP contribution in [0.2, 0.25) is 0 Å². The highest BCUT2D eigenvalue weighted by Gasteiger charge is 2.06. The van der Waals surface area contributed by atoms with Crippen LogP contribution in [0.4, 0.5) is 0 Å². The fourth-order valence-corrected chi connectivity index (χ4v) is 2.19. The zero-order chi connectivity index (χ0) is 10.2. The molecule has 0 aromatic heterocycles. The first kappa shape index (κ1) is 12.0. The molecule has 2 N–H and O–H groups in total. The van der Waals surface area contributed by atoms with Gasteiger partial charge in [-0.2, -0.15) is 0 Å². The first-order valence-electron chi connectivity index (χ1n) is 6.23. The molecule has 1 saturated heterocycles. The highest BCUT2D eigenvalue weighted by atomic mass is 15.1. The van der Waals surface area contributed by atoms with Crippen molar-refractivity contribution in [2.45, 2.75) is 57.4 Å². The highest BCUT2D eigenvalue weighted by Crippen LogP contribution is 2.14. The molecule has 2 heteroatoms. The van der Waals surface area contributed by atoms with Crippen molar-refractivity contribution >= 4 is 0 Å². The van der Waals surface area contributed by atoms with Crippen molar-refractivity contribution in [2.24, 2.45) is 5.73 Å². The second-order valence-electron chi connectivity index (χ2n) is 4.76. The molecule has 1 saturated carbocycles. The molecule has 14 heavy (non-hydrogen) atoms. The van der Waals surface area contributed by atoms with E-state index in [0.29, 0.717) is 6.04 Å². The molecule has 0 bridgehead atoms. The molecule has 0 atom stereocenters. The maximum absolute atomic E-state index is 5.63. The number of piperidine rings is 1. The molecule has 0 unspecified atom stereocenters. The van der Waals surface area contributed by atoms with Gasteiger partial charge < -0.3 is 10.6 Å². The van der Waals surface area contributed by atoms with E-state index in [2.05, 4.69) is 11.9 Å². The first-order valence-corrected chi connectivity index (χ1v) is 6.23. The summed E-state index contributed by atoms with van der Waals surface area (Å²) < 4.78 is 0. The lowest BCUT2D eigenvalue weighted by molar-refractivity contribution is 0.277. The van der Waals surface area contributed by atoms with Gasteiger partial charge in [-0.3, -0.25) is 0 Å². The van der Waals surface area contributed by atoms with Crippen LogP contribution in [0.5, 0.6) is 0 Å². The number of hydrogen-bond acceptors (Lipinski definition) is 2. The molecule has 0 aromatic rings. The Morgan fingerprint density at radius 1 is 0.857 bits per heavy atom. The van der Waals surface area contributed by atoms with Gasteiger partial charge >= 0.3 is 0 Å². The van der Waals surface area contributed by atoms with Crippen LogP contribution in [-0.2, 0) is 0 Å². The first-order chi connectivity index (χ1) is 6.79. The zero-order valence-corrected chi connectivity index (χ0v) is 9.67. The van der Waals surface area contributed by atoms with E-state index in [0.717, 1.165) is 0 Å². The Labute approximate surface area is 88.8 Å². The van der Waals surface area contributed by atoms with Crippen LogP contribution < -0.4 is 5.73 Å². The molecule has 1 heterocycles. The monoisotopic (exact) mass is 198 g/mol. The SMILES string of the molecule is CN1CCCCC1.NC1CCCCC1. The lowest BCUT2D eigenvalue weighted by atomic mass is 9.97. The molecule has 0 spiro atoms. The summed E-state index contributed by atoms with van der Waals surface area (Å²) in [6.07, 6.45) is 10.9. The standard InChI is InChI=1S/2C6H13N/c1-7-5-3-2-4-6-7;7-6-4-2-1-3-5-6/h2-6H2,1H3;6H,1-5,7H2. The van der Waals surface area contributed by atoms with Crippen molar-refractivity contribution in [2.75, 3.05) is 20.1 Å². The Kier molecular flexibility index (Phi) is 6.20. The molecule has 2 aliphatic rings. The molecular weight excluding hydrogens is 172 g/mol. The van der Waals surface area contributed by atoms with E-state index < -0.39 is 0 Å². The van der Waals surface area contributed by atoms with E-state index >= 15 is 0 Å². The Hall–Kier alpha value is -0.0800. The predicted molar refractivity (Wildman–Crippen MR) is 62.4 cm³/mol.